The second kappa shape index (κ2) is 9.03. The fraction of sp³-hybridized carbons (Fsp3) is 0.0870. The molecule has 2 aromatic carbocycles. The number of amides is 1. The Morgan fingerprint density at radius 3 is 2.72 bits per heavy atom. The highest BCUT2D eigenvalue weighted by Gasteiger charge is 2.20. The molecule has 3 aromatic rings. The molecule has 0 spiro atoms. The van der Waals surface area contributed by atoms with E-state index in [1.807, 2.05) is 6.07 Å². The van der Waals surface area contributed by atoms with Gasteiger partial charge in [0.05, 0.1) is 17.5 Å². The summed E-state index contributed by atoms with van der Waals surface area (Å²) in [6.07, 6.45) is 4.68. The molecule has 1 amide bonds. The van der Waals surface area contributed by atoms with E-state index in [4.69, 9.17) is 9.47 Å². The SMILES string of the molecule is COc1cc(F)ccc1Oc1nc2ccccc2cc1C(=O)NC1=CC=CC(=S(=O)=O)C1. The zero-order chi connectivity index (χ0) is 22.7. The van der Waals surface area contributed by atoms with E-state index >= 15 is 0 Å². The van der Waals surface area contributed by atoms with Gasteiger partial charge >= 0.3 is 0 Å². The van der Waals surface area contributed by atoms with Gasteiger partial charge < -0.3 is 14.8 Å². The number of hydrogen-bond acceptors (Lipinski definition) is 6. The van der Waals surface area contributed by atoms with E-state index in [1.54, 1.807) is 36.4 Å². The van der Waals surface area contributed by atoms with Crippen molar-refractivity contribution >= 4 is 32.0 Å². The van der Waals surface area contributed by atoms with Crippen LogP contribution >= 0.6 is 0 Å². The zero-order valence-corrected chi connectivity index (χ0v) is 17.6. The number of carbonyl (C=O) groups excluding carboxylic acids is 1. The molecular weight excluding hydrogens is 435 g/mol. The Hall–Kier alpha value is -3.98. The van der Waals surface area contributed by atoms with Crippen molar-refractivity contribution in [2.45, 2.75) is 6.42 Å². The van der Waals surface area contributed by atoms with Crippen molar-refractivity contribution in [2.75, 3.05) is 7.11 Å². The summed E-state index contributed by atoms with van der Waals surface area (Å²) in [6, 6.07) is 12.6. The first-order valence-electron chi connectivity index (χ1n) is 9.49. The van der Waals surface area contributed by atoms with Gasteiger partial charge in [-0.05, 0) is 36.4 Å². The second-order valence-corrected chi connectivity index (χ2v) is 7.81. The molecule has 1 aliphatic rings. The van der Waals surface area contributed by atoms with Crippen molar-refractivity contribution in [3.05, 3.63) is 83.8 Å². The fourth-order valence-electron chi connectivity index (χ4n) is 3.16. The summed E-state index contributed by atoms with van der Waals surface area (Å²) in [5, 5.41) is 3.42. The number of para-hydroxylation sites is 1. The standard InChI is InChI=1S/C23H17FN2O5S/c1-30-21-12-15(24)9-10-20(21)31-23-18(11-14-5-2-3-8-19(14)26-23)22(27)25-16-6-4-7-17(13-16)32(28)29/h2-12H,13H2,1H3,(H,25,27). The van der Waals surface area contributed by atoms with E-state index in [0.29, 0.717) is 16.6 Å². The summed E-state index contributed by atoms with van der Waals surface area (Å²) < 4.78 is 47.1. The Morgan fingerprint density at radius 1 is 1.12 bits per heavy atom. The first kappa shape index (κ1) is 21.3. The van der Waals surface area contributed by atoms with E-state index in [9.17, 15) is 17.6 Å². The lowest BCUT2D eigenvalue weighted by atomic mass is 10.1. The molecule has 0 aliphatic heterocycles. The minimum Gasteiger partial charge on any atom is -0.493 e. The molecule has 1 heterocycles. The Balaban J connectivity index is 1.73. The van der Waals surface area contributed by atoms with Crippen molar-refractivity contribution in [3.63, 3.8) is 0 Å². The summed E-state index contributed by atoms with van der Waals surface area (Å²) in [4.78, 5) is 17.7. The van der Waals surface area contributed by atoms with Crippen molar-refractivity contribution < 1.29 is 27.1 Å². The Bertz CT molecular complexity index is 1420. The van der Waals surface area contributed by atoms with Crippen LogP contribution in [0.4, 0.5) is 4.39 Å². The van der Waals surface area contributed by atoms with Crippen LogP contribution in [0.5, 0.6) is 17.4 Å². The molecule has 0 fully saturated rings. The number of carbonyl (C=O) groups is 1. The maximum absolute atomic E-state index is 13.6. The maximum Gasteiger partial charge on any atom is 0.260 e. The van der Waals surface area contributed by atoms with E-state index in [0.717, 1.165) is 6.07 Å². The highest BCUT2D eigenvalue weighted by atomic mass is 32.2. The zero-order valence-electron chi connectivity index (χ0n) is 16.8. The van der Waals surface area contributed by atoms with Gasteiger partial charge in [0.25, 0.3) is 5.91 Å². The lowest BCUT2D eigenvalue weighted by molar-refractivity contribution is 0.0962. The number of rotatable bonds is 5. The lowest BCUT2D eigenvalue weighted by Gasteiger charge is -2.15. The molecule has 7 nitrogen and oxygen atoms in total. The Morgan fingerprint density at radius 2 is 1.94 bits per heavy atom. The summed E-state index contributed by atoms with van der Waals surface area (Å²) in [5.41, 5.74) is 1.13. The quantitative estimate of drug-likeness (QED) is 0.592. The molecular formula is C23H17FN2O5S. The number of ether oxygens (including phenoxy) is 2. The molecule has 32 heavy (non-hydrogen) atoms. The third kappa shape index (κ3) is 4.52. The number of pyridine rings is 1. The van der Waals surface area contributed by atoms with Crippen molar-refractivity contribution in [1.82, 2.24) is 10.3 Å². The predicted octanol–water partition coefficient (Wildman–Crippen LogP) is 3.80. The molecule has 1 aliphatic carbocycles. The number of hydrogen-bond donors (Lipinski definition) is 1. The summed E-state index contributed by atoms with van der Waals surface area (Å²) >= 11 is 0. The first-order chi connectivity index (χ1) is 15.4. The van der Waals surface area contributed by atoms with Crippen molar-refractivity contribution in [3.8, 4) is 17.4 Å². The number of nitrogens with zero attached hydrogens (tertiary/aromatic N) is 1. The average molecular weight is 452 g/mol. The molecule has 0 bridgehead atoms. The molecule has 1 aromatic heterocycles. The molecule has 9 heteroatoms. The first-order valence-corrected chi connectivity index (χ1v) is 10.6. The molecule has 0 saturated carbocycles. The van der Waals surface area contributed by atoms with Crippen molar-refractivity contribution in [2.24, 2.45) is 0 Å². The van der Waals surface area contributed by atoms with Gasteiger partial charge in [-0.3, -0.25) is 4.79 Å². The van der Waals surface area contributed by atoms with Gasteiger partial charge in [-0.2, -0.15) is 8.42 Å². The third-order valence-electron chi connectivity index (χ3n) is 4.70. The molecule has 162 valence electrons. The van der Waals surface area contributed by atoms with E-state index < -0.39 is 22.0 Å². The number of fused-ring (bicyclic) bond motifs is 1. The van der Waals surface area contributed by atoms with Gasteiger partial charge in [0.1, 0.15) is 11.4 Å². The largest absolute Gasteiger partial charge is 0.493 e. The summed E-state index contributed by atoms with van der Waals surface area (Å²) in [7, 11) is -1.01. The highest BCUT2D eigenvalue weighted by molar-refractivity contribution is 7.73. The van der Waals surface area contributed by atoms with Crippen LogP contribution in [0.3, 0.4) is 0 Å². The Kier molecular flexibility index (Phi) is 6.00. The second-order valence-electron chi connectivity index (χ2n) is 6.81. The van der Waals surface area contributed by atoms with Crippen LogP contribution in [0.2, 0.25) is 0 Å². The molecule has 4 rings (SSSR count). The van der Waals surface area contributed by atoms with E-state index in [-0.39, 0.29) is 34.2 Å². The maximum atomic E-state index is 13.6. The van der Waals surface area contributed by atoms with Crippen LogP contribution in [-0.4, -0.2) is 31.3 Å². The minimum atomic E-state index is -2.38. The van der Waals surface area contributed by atoms with Gasteiger partial charge in [0.15, 0.2) is 11.5 Å². The van der Waals surface area contributed by atoms with E-state index in [1.165, 1.54) is 25.3 Å². The van der Waals surface area contributed by atoms with Gasteiger partial charge in [0.2, 0.25) is 16.2 Å². The van der Waals surface area contributed by atoms with Crippen LogP contribution in [0.25, 0.3) is 10.9 Å². The summed E-state index contributed by atoms with van der Waals surface area (Å²) in [6.45, 7) is 0. The van der Waals surface area contributed by atoms with Gasteiger partial charge in [-0.25, -0.2) is 9.37 Å². The number of methoxy groups -OCH3 is 1. The summed E-state index contributed by atoms with van der Waals surface area (Å²) in [5.74, 6) is -0.711. The number of halogens is 1. The topological polar surface area (TPSA) is 94.6 Å². The van der Waals surface area contributed by atoms with Gasteiger partial charge in [0, 0.05) is 23.6 Å². The van der Waals surface area contributed by atoms with Crippen LogP contribution in [0.1, 0.15) is 16.8 Å². The molecule has 0 radical (unpaired) electrons. The van der Waals surface area contributed by atoms with E-state index in [2.05, 4.69) is 10.3 Å². The molecule has 1 N–H and O–H groups in total. The molecule has 0 unspecified atom stereocenters. The van der Waals surface area contributed by atoms with Gasteiger partial charge in [-0.1, -0.05) is 24.3 Å². The minimum absolute atomic E-state index is 0.00494. The van der Waals surface area contributed by atoms with Crippen LogP contribution in [-0.2, 0) is 10.3 Å². The number of nitrogens with one attached hydrogen (secondary N) is 1. The fourth-order valence-corrected chi connectivity index (χ4v) is 3.62. The van der Waals surface area contributed by atoms with Gasteiger partial charge in [-0.15, -0.1) is 0 Å². The van der Waals surface area contributed by atoms with Crippen LogP contribution < -0.4 is 14.8 Å². The predicted molar refractivity (Wildman–Crippen MR) is 118 cm³/mol. The third-order valence-corrected chi connectivity index (χ3v) is 5.41. The smallest absolute Gasteiger partial charge is 0.260 e. The highest BCUT2D eigenvalue weighted by Crippen LogP contribution is 2.34. The monoisotopic (exact) mass is 452 g/mol. The van der Waals surface area contributed by atoms with Crippen LogP contribution in [0.15, 0.2) is 72.5 Å². The molecule has 0 atom stereocenters. The normalized spacial score (nSPS) is 12.9. The van der Waals surface area contributed by atoms with Crippen molar-refractivity contribution in [1.29, 1.82) is 0 Å². The van der Waals surface area contributed by atoms with Crippen LogP contribution in [0, 0.1) is 5.82 Å². The Labute approximate surface area is 184 Å². The average Bonchev–Trinajstić information content (AvgIpc) is 2.79. The lowest BCUT2D eigenvalue weighted by Crippen LogP contribution is -2.25. The number of aromatic nitrogens is 1. The molecule has 0 saturated heterocycles. The number of allylic oxidation sites excluding steroid dienone is 4. The number of benzene rings is 2.